The van der Waals surface area contributed by atoms with Crippen molar-refractivity contribution in [3.8, 4) is 0 Å². The lowest BCUT2D eigenvalue weighted by molar-refractivity contribution is -0.117. The topological polar surface area (TPSA) is 20.3 Å². The molecule has 3 fully saturated rings. The summed E-state index contributed by atoms with van der Waals surface area (Å²) in [5, 5.41) is 0. The lowest BCUT2D eigenvalue weighted by Gasteiger charge is -2.23. The van der Waals surface area contributed by atoms with E-state index in [1.807, 2.05) is 4.90 Å². The van der Waals surface area contributed by atoms with Gasteiger partial charge in [0.1, 0.15) is 0 Å². The van der Waals surface area contributed by atoms with Crippen molar-refractivity contribution in [2.24, 2.45) is 5.92 Å². The minimum Gasteiger partial charge on any atom is -0.312 e. The van der Waals surface area contributed by atoms with Crippen LogP contribution in [-0.2, 0) is 10.2 Å². The Kier molecular flexibility index (Phi) is 2.48. The minimum absolute atomic E-state index is 0.285. The molecule has 1 amide bonds. The van der Waals surface area contributed by atoms with E-state index in [4.69, 9.17) is 0 Å². The van der Waals surface area contributed by atoms with Crippen molar-refractivity contribution >= 4 is 11.6 Å². The first-order valence-electron chi connectivity index (χ1n) is 7.70. The third-order valence-corrected chi connectivity index (χ3v) is 5.48. The van der Waals surface area contributed by atoms with Crippen LogP contribution >= 0.6 is 0 Å². The fraction of sp³-hybridized carbons (Fsp3) is 0.588. The van der Waals surface area contributed by atoms with Crippen LogP contribution in [0.15, 0.2) is 24.3 Å². The molecule has 100 valence electrons. The second-order valence-corrected chi connectivity index (χ2v) is 6.50. The maximum Gasteiger partial charge on any atom is 0.227 e. The van der Waals surface area contributed by atoms with Gasteiger partial charge in [0.05, 0.1) is 0 Å². The number of hydrogen-bond donors (Lipinski definition) is 0. The summed E-state index contributed by atoms with van der Waals surface area (Å²) in [6, 6.07) is 8.90. The van der Waals surface area contributed by atoms with Crippen LogP contribution in [0.5, 0.6) is 0 Å². The van der Waals surface area contributed by atoms with Gasteiger partial charge in [-0.25, -0.2) is 0 Å². The van der Waals surface area contributed by atoms with Crippen LogP contribution in [0.3, 0.4) is 0 Å². The van der Waals surface area contributed by atoms with Gasteiger partial charge in [0, 0.05) is 18.7 Å². The van der Waals surface area contributed by atoms with Crippen LogP contribution < -0.4 is 4.90 Å². The van der Waals surface area contributed by atoms with Crippen molar-refractivity contribution in [3.63, 3.8) is 0 Å². The zero-order chi connectivity index (χ0) is 12.9. The maximum absolute atomic E-state index is 11.8. The quantitative estimate of drug-likeness (QED) is 0.790. The molecule has 2 aliphatic carbocycles. The Balaban J connectivity index is 1.58. The number of nitrogens with zero attached hydrogens (tertiary/aromatic N) is 1. The highest BCUT2D eigenvalue weighted by atomic mass is 16.2. The molecule has 1 saturated heterocycles. The molecule has 0 bridgehead atoms. The van der Waals surface area contributed by atoms with Crippen molar-refractivity contribution in [2.75, 3.05) is 11.4 Å². The van der Waals surface area contributed by atoms with Gasteiger partial charge in [-0.1, -0.05) is 25.0 Å². The summed E-state index contributed by atoms with van der Waals surface area (Å²) in [6.45, 7) is 0.895. The van der Waals surface area contributed by atoms with Crippen molar-refractivity contribution in [1.29, 1.82) is 0 Å². The van der Waals surface area contributed by atoms with Crippen molar-refractivity contribution < 1.29 is 4.79 Å². The van der Waals surface area contributed by atoms with E-state index in [0.717, 1.165) is 24.6 Å². The highest BCUT2D eigenvalue weighted by Crippen LogP contribution is 2.62. The Morgan fingerprint density at radius 2 is 1.95 bits per heavy atom. The molecule has 0 N–H and O–H groups in total. The predicted octanol–water partition coefficient (Wildman–Crippen LogP) is 3.65. The van der Waals surface area contributed by atoms with Crippen LogP contribution in [-0.4, -0.2) is 12.5 Å². The molecule has 3 aliphatic rings. The number of carbonyl (C=O) groups excluding carboxylic acids is 1. The summed E-state index contributed by atoms with van der Waals surface area (Å²) in [5.41, 5.74) is 3.13. The molecule has 0 radical (unpaired) electrons. The van der Waals surface area contributed by atoms with Gasteiger partial charge in [0.25, 0.3) is 0 Å². The number of fused-ring (bicyclic) bond motifs is 1. The molecule has 1 aromatic rings. The molecule has 19 heavy (non-hydrogen) atoms. The van der Waals surface area contributed by atoms with Crippen LogP contribution in [0.25, 0.3) is 0 Å². The van der Waals surface area contributed by atoms with E-state index in [0.29, 0.717) is 11.8 Å². The molecule has 1 aromatic carbocycles. The second kappa shape index (κ2) is 4.09. The van der Waals surface area contributed by atoms with E-state index in [2.05, 4.69) is 24.3 Å². The van der Waals surface area contributed by atoms with E-state index in [1.54, 1.807) is 0 Å². The fourth-order valence-electron chi connectivity index (χ4n) is 4.29. The maximum atomic E-state index is 11.8. The van der Waals surface area contributed by atoms with Gasteiger partial charge in [-0.3, -0.25) is 4.79 Å². The number of benzene rings is 1. The molecule has 0 spiro atoms. The summed E-state index contributed by atoms with van der Waals surface area (Å²) < 4.78 is 0. The normalized spacial score (nSPS) is 33.4. The molecule has 2 nitrogen and oxygen atoms in total. The zero-order valence-electron chi connectivity index (χ0n) is 11.4. The van der Waals surface area contributed by atoms with E-state index in [9.17, 15) is 4.79 Å². The van der Waals surface area contributed by atoms with E-state index < -0.39 is 0 Å². The third-order valence-electron chi connectivity index (χ3n) is 5.48. The summed E-state index contributed by atoms with van der Waals surface area (Å²) in [6.07, 6.45) is 8.73. The molecular formula is C17H21NO. The highest BCUT2D eigenvalue weighted by Gasteiger charge is 2.55. The smallest absolute Gasteiger partial charge is 0.227 e. The zero-order valence-corrected chi connectivity index (χ0v) is 11.4. The molecule has 2 heteroatoms. The summed E-state index contributed by atoms with van der Waals surface area (Å²) in [4.78, 5) is 13.7. The van der Waals surface area contributed by atoms with Crippen LogP contribution in [0.4, 0.5) is 5.69 Å². The largest absolute Gasteiger partial charge is 0.312 e. The molecule has 1 aliphatic heterocycles. The van der Waals surface area contributed by atoms with Gasteiger partial charge in [0.15, 0.2) is 0 Å². The first kappa shape index (κ1) is 11.5. The first-order chi connectivity index (χ1) is 9.29. The Morgan fingerprint density at radius 3 is 2.63 bits per heavy atom. The molecule has 2 unspecified atom stereocenters. The number of amides is 1. The lowest BCUT2D eigenvalue weighted by Crippen LogP contribution is -2.23. The average molecular weight is 255 g/mol. The number of rotatable bonds is 2. The Hall–Kier alpha value is -1.31. The van der Waals surface area contributed by atoms with Gasteiger partial charge in [0.2, 0.25) is 5.91 Å². The number of carbonyl (C=O) groups is 1. The molecular weight excluding hydrogens is 234 g/mol. The lowest BCUT2D eigenvalue weighted by atomic mass is 9.83. The third kappa shape index (κ3) is 1.73. The Morgan fingerprint density at radius 1 is 1.11 bits per heavy atom. The van der Waals surface area contributed by atoms with E-state index >= 15 is 0 Å². The van der Waals surface area contributed by atoms with Gasteiger partial charge in [-0.05, 0) is 54.7 Å². The van der Waals surface area contributed by atoms with Crippen LogP contribution in [0.2, 0.25) is 0 Å². The average Bonchev–Trinajstić information content (AvgIpc) is 3.06. The van der Waals surface area contributed by atoms with Crippen LogP contribution in [0.1, 0.15) is 50.5 Å². The standard InChI is InChI=1S/C17H21NO/c19-16-5-3-11-18(16)15-8-6-13(7-9-15)17-10-2-1-4-14(17)12-17/h6-9,14H,1-5,10-12H2. The summed E-state index contributed by atoms with van der Waals surface area (Å²) in [5.74, 6) is 1.23. The van der Waals surface area contributed by atoms with Crippen molar-refractivity contribution in [1.82, 2.24) is 0 Å². The Labute approximate surface area is 114 Å². The highest BCUT2D eigenvalue weighted by molar-refractivity contribution is 5.95. The van der Waals surface area contributed by atoms with E-state index in [1.165, 1.54) is 37.7 Å². The van der Waals surface area contributed by atoms with Crippen LogP contribution in [0, 0.1) is 5.92 Å². The SMILES string of the molecule is O=C1CCCN1c1ccc(C23CCCCC2C3)cc1. The first-order valence-corrected chi connectivity index (χ1v) is 7.70. The van der Waals surface area contributed by atoms with Crippen molar-refractivity contribution in [3.05, 3.63) is 29.8 Å². The molecule has 2 atom stereocenters. The monoisotopic (exact) mass is 255 g/mol. The second-order valence-electron chi connectivity index (χ2n) is 6.50. The number of anilines is 1. The summed E-state index contributed by atoms with van der Waals surface area (Å²) in [7, 11) is 0. The number of hydrogen-bond acceptors (Lipinski definition) is 1. The molecule has 2 saturated carbocycles. The molecule has 4 rings (SSSR count). The van der Waals surface area contributed by atoms with Gasteiger partial charge < -0.3 is 4.90 Å². The minimum atomic E-state index is 0.285. The van der Waals surface area contributed by atoms with Crippen molar-refractivity contribution in [2.45, 2.75) is 50.4 Å². The molecule has 0 aromatic heterocycles. The predicted molar refractivity (Wildman–Crippen MR) is 76.3 cm³/mol. The Bertz CT molecular complexity index is 506. The van der Waals surface area contributed by atoms with Gasteiger partial charge >= 0.3 is 0 Å². The van der Waals surface area contributed by atoms with Gasteiger partial charge in [-0.15, -0.1) is 0 Å². The molecule has 1 heterocycles. The van der Waals surface area contributed by atoms with E-state index in [-0.39, 0.29) is 5.91 Å². The fourth-order valence-corrected chi connectivity index (χ4v) is 4.29. The van der Waals surface area contributed by atoms with Gasteiger partial charge in [-0.2, -0.15) is 0 Å². The summed E-state index contributed by atoms with van der Waals surface area (Å²) >= 11 is 0.